The van der Waals surface area contributed by atoms with Gasteiger partial charge < -0.3 is 14.2 Å². The van der Waals surface area contributed by atoms with Crippen molar-refractivity contribution in [1.82, 2.24) is 0 Å². The number of ether oxygens (including phenoxy) is 3. The maximum Gasteiger partial charge on any atom is 0.311 e. The van der Waals surface area contributed by atoms with Crippen molar-refractivity contribution in [3.8, 4) is 0 Å². The number of unbranched alkanes of at least 4 members (excludes halogenated alkanes) is 30. The fourth-order valence-electron chi connectivity index (χ4n) is 6.50. The van der Waals surface area contributed by atoms with Gasteiger partial charge in [-0.25, -0.2) is 0 Å². The molecule has 0 saturated carbocycles. The lowest BCUT2D eigenvalue weighted by atomic mass is 10.1. The molecule has 51 heavy (non-hydrogen) atoms. The van der Waals surface area contributed by atoms with Crippen molar-refractivity contribution in [2.45, 2.75) is 252 Å². The minimum Gasteiger partial charge on any atom is -0.457 e. The SMILES string of the molecule is CCCCCCCCCCCCCC(=O)OC=C(COC(=O)CCCCCCCCCCCCC)OC(=O)CCCCCCCCCCCCC. The van der Waals surface area contributed by atoms with Gasteiger partial charge in [0.25, 0.3) is 0 Å². The van der Waals surface area contributed by atoms with Gasteiger partial charge in [-0.3, -0.25) is 14.4 Å². The van der Waals surface area contributed by atoms with Gasteiger partial charge in [-0.15, -0.1) is 0 Å². The molecule has 0 N–H and O–H groups in total. The molecule has 300 valence electrons. The standard InChI is InChI=1S/C45H84O6/c1-4-7-10-13-16-19-22-25-28-31-34-37-43(46)49-40-42(51-45(48)39-36-33-30-27-24-21-18-15-12-9-6-3)41-50-44(47)38-35-32-29-26-23-20-17-14-11-8-5-2/h40H,4-39,41H2,1-3H3. The van der Waals surface area contributed by atoms with Crippen LogP contribution < -0.4 is 0 Å². The van der Waals surface area contributed by atoms with E-state index in [2.05, 4.69) is 20.8 Å². The van der Waals surface area contributed by atoms with Crippen LogP contribution in [0.15, 0.2) is 12.0 Å². The van der Waals surface area contributed by atoms with Gasteiger partial charge in [0, 0.05) is 19.3 Å². The Morgan fingerprint density at radius 2 is 0.627 bits per heavy atom. The first-order valence-electron chi connectivity index (χ1n) is 22.3. The fourth-order valence-corrected chi connectivity index (χ4v) is 6.50. The number of rotatable bonds is 40. The molecule has 0 aliphatic heterocycles. The third-order valence-electron chi connectivity index (χ3n) is 9.90. The number of carbonyl (C=O) groups is 3. The topological polar surface area (TPSA) is 78.9 Å². The molecule has 0 spiro atoms. The maximum atomic E-state index is 12.6. The Bertz CT molecular complexity index is 807. The minimum absolute atomic E-state index is 0.0858. The zero-order valence-corrected chi connectivity index (χ0v) is 34.2. The van der Waals surface area contributed by atoms with Gasteiger partial charge in [-0.05, 0) is 19.3 Å². The van der Waals surface area contributed by atoms with E-state index in [1.54, 1.807) is 0 Å². The molecule has 0 atom stereocenters. The zero-order valence-electron chi connectivity index (χ0n) is 34.2. The largest absolute Gasteiger partial charge is 0.457 e. The second-order valence-corrected chi connectivity index (χ2v) is 15.1. The molecule has 0 aromatic carbocycles. The number of hydrogen-bond acceptors (Lipinski definition) is 6. The van der Waals surface area contributed by atoms with Crippen LogP contribution in [0.2, 0.25) is 0 Å². The summed E-state index contributed by atoms with van der Waals surface area (Å²) in [7, 11) is 0. The Morgan fingerprint density at radius 3 is 0.961 bits per heavy atom. The molecule has 6 heteroatoms. The van der Waals surface area contributed by atoms with E-state index in [0.29, 0.717) is 19.3 Å². The number of hydrogen-bond donors (Lipinski definition) is 0. The molecule has 0 aromatic heterocycles. The van der Waals surface area contributed by atoms with Gasteiger partial charge in [0.2, 0.25) is 0 Å². The van der Waals surface area contributed by atoms with Gasteiger partial charge in [-0.1, -0.05) is 213 Å². The minimum atomic E-state index is -0.375. The van der Waals surface area contributed by atoms with Crippen molar-refractivity contribution in [3.63, 3.8) is 0 Å². The van der Waals surface area contributed by atoms with Gasteiger partial charge in [0.05, 0.1) is 0 Å². The van der Waals surface area contributed by atoms with Crippen molar-refractivity contribution in [2.24, 2.45) is 0 Å². The van der Waals surface area contributed by atoms with E-state index >= 15 is 0 Å². The Morgan fingerprint density at radius 1 is 0.353 bits per heavy atom. The smallest absolute Gasteiger partial charge is 0.311 e. The summed E-state index contributed by atoms with van der Waals surface area (Å²) in [6, 6.07) is 0. The van der Waals surface area contributed by atoms with Crippen LogP contribution in [0, 0.1) is 0 Å². The van der Waals surface area contributed by atoms with Gasteiger partial charge >= 0.3 is 17.9 Å². The normalized spacial score (nSPS) is 11.5. The lowest BCUT2D eigenvalue weighted by Gasteiger charge is -2.10. The summed E-state index contributed by atoms with van der Waals surface area (Å²) in [5.74, 6) is -0.953. The molecule has 0 bridgehead atoms. The summed E-state index contributed by atoms with van der Waals surface area (Å²) in [5, 5.41) is 0. The predicted octanol–water partition coefficient (Wildman–Crippen LogP) is 14.6. The summed E-state index contributed by atoms with van der Waals surface area (Å²) in [6.07, 6.45) is 42.3. The third-order valence-corrected chi connectivity index (χ3v) is 9.90. The number of esters is 3. The van der Waals surface area contributed by atoms with E-state index in [1.807, 2.05) is 0 Å². The maximum absolute atomic E-state index is 12.6. The molecule has 6 nitrogen and oxygen atoms in total. The highest BCUT2D eigenvalue weighted by atomic mass is 16.6. The molecule has 0 aromatic rings. The van der Waals surface area contributed by atoms with Crippen LogP contribution in [0.1, 0.15) is 252 Å². The van der Waals surface area contributed by atoms with Crippen molar-refractivity contribution in [2.75, 3.05) is 6.61 Å². The monoisotopic (exact) mass is 721 g/mol. The highest BCUT2D eigenvalue weighted by Gasteiger charge is 2.13. The van der Waals surface area contributed by atoms with E-state index in [9.17, 15) is 14.4 Å². The van der Waals surface area contributed by atoms with Gasteiger partial charge in [0.1, 0.15) is 6.26 Å². The summed E-state index contributed by atoms with van der Waals surface area (Å²) < 4.78 is 16.3. The Hall–Kier alpha value is -1.85. The Labute approximate surface area is 316 Å². The average molecular weight is 721 g/mol. The quantitative estimate of drug-likeness (QED) is 0.0271. The van der Waals surface area contributed by atoms with E-state index in [4.69, 9.17) is 14.2 Å². The molecular weight excluding hydrogens is 636 g/mol. The Kier molecular flexibility index (Phi) is 39.4. The van der Waals surface area contributed by atoms with Crippen molar-refractivity contribution in [1.29, 1.82) is 0 Å². The number of carbonyl (C=O) groups excluding carboxylic acids is 3. The zero-order chi connectivity index (χ0) is 37.3. The van der Waals surface area contributed by atoms with E-state index in [1.165, 1.54) is 160 Å². The van der Waals surface area contributed by atoms with Gasteiger partial charge in [0.15, 0.2) is 12.4 Å². The predicted molar refractivity (Wildman–Crippen MR) is 214 cm³/mol. The summed E-state index contributed by atoms with van der Waals surface area (Å²) in [6.45, 7) is 6.54. The van der Waals surface area contributed by atoms with Gasteiger partial charge in [-0.2, -0.15) is 0 Å². The molecule has 0 radical (unpaired) electrons. The van der Waals surface area contributed by atoms with Crippen molar-refractivity contribution < 1.29 is 28.6 Å². The molecule has 0 rings (SSSR count). The molecule has 0 unspecified atom stereocenters. The highest BCUT2D eigenvalue weighted by Crippen LogP contribution is 2.16. The first kappa shape index (κ1) is 49.1. The van der Waals surface area contributed by atoms with Crippen LogP contribution in [0.25, 0.3) is 0 Å². The van der Waals surface area contributed by atoms with Crippen molar-refractivity contribution >= 4 is 17.9 Å². The molecule has 0 aliphatic carbocycles. The molecule has 0 heterocycles. The lowest BCUT2D eigenvalue weighted by molar-refractivity contribution is -0.148. The van der Waals surface area contributed by atoms with Crippen LogP contribution >= 0.6 is 0 Å². The fraction of sp³-hybridized carbons (Fsp3) is 0.889. The summed E-state index contributed by atoms with van der Waals surface area (Å²) in [4.78, 5) is 37.5. The molecular formula is C45H84O6. The van der Waals surface area contributed by atoms with Crippen molar-refractivity contribution in [3.05, 3.63) is 12.0 Å². The lowest BCUT2D eigenvalue weighted by Crippen LogP contribution is -2.13. The summed E-state index contributed by atoms with van der Waals surface area (Å²) in [5.41, 5.74) is 0. The van der Waals surface area contributed by atoms with Crippen LogP contribution in [0.5, 0.6) is 0 Å². The summed E-state index contributed by atoms with van der Waals surface area (Å²) >= 11 is 0. The van der Waals surface area contributed by atoms with E-state index in [0.717, 1.165) is 57.8 Å². The van der Waals surface area contributed by atoms with E-state index < -0.39 is 0 Å². The van der Waals surface area contributed by atoms with Crippen LogP contribution in [-0.2, 0) is 28.6 Å². The van der Waals surface area contributed by atoms with E-state index in [-0.39, 0.29) is 30.3 Å². The molecule has 0 saturated heterocycles. The van der Waals surface area contributed by atoms with Crippen LogP contribution in [0.3, 0.4) is 0 Å². The van der Waals surface area contributed by atoms with Crippen LogP contribution in [0.4, 0.5) is 0 Å². The second-order valence-electron chi connectivity index (χ2n) is 15.1. The second kappa shape index (κ2) is 40.9. The van der Waals surface area contributed by atoms with Crippen LogP contribution in [-0.4, -0.2) is 24.5 Å². The Balaban J connectivity index is 4.42. The molecule has 0 aliphatic rings. The molecule has 0 fully saturated rings. The molecule has 0 amide bonds. The average Bonchev–Trinajstić information content (AvgIpc) is 3.12. The third kappa shape index (κ3) is 39.2. The highest BCUT2D eigenvalue weighted by molar-refractivity contribution is 5.72. The first-order chi connectivity index (χ1) is 25.0. The first-order valence-corrected chi connectivity index (χ1v) is 22.3.